The Hall–Kier alpha value is -2.90. The van der Waals surface area contributed by atoms with E-state index in [1.165, 1.54) is 18.7 Å². The number of nitrogens with zero attached hydrogens (tertiary/aromatic N) is 2. The van der Waals surface area contributed by atoms with Gasteiger partial charge in [-0.1, -0.05) is 31.2 Å². The van der Waals surface area contributed by atoms with Crippen molar-refractivity contribution in [2.75, 3.05) is 19.9 Å². The fraction of sp³-hybridized carbons (Fsp3) is 0.593. The third-order valence-electron chi connectivity index (χ3n) is 7.87. The minimum atomic E-state index is -3.74. The largest absolute Gasteiger partial charge is 0.494 e. The van der Waals surface area contributed by atoms with E-state index in [4.69, 9.17) is 9.31 Å². The lowest BCUT2D eigenvalue weighted by Crippen LogP contribution is -2.61. The zero-order chi connectivity index (χ0) is 30.1. The number of aromatic amines is 1. The van der Waals surface area contributed by atoms with Gasteiger partial charge in [0.1, 0.15) is 11.9 Å². The number of sulfone groups is 1. The number of carbonyl (C=O) groups excluding carboxylic acids is 2. The van der Waals surface area contributed by atoms with Crippen molar-refractivity contribution < 1.29 is 32.1 Å². The number of imidazole rings is 1. The van der Waals surface area contributed by atoms with Crippen LogP contribution in [-0.2, 0) is 35.2 Å². The summed E-state index contributed by atoms with van der Waals surface area (Å²) in [7, 11) is -3.05. The Labute approximate surface area is 237 Å². The van der Waals surface area contributed by atoms with Gasteiger partial charge in [-0.3, -0.25) is 4.79 Å². The van der Waals surface area contributed by atoms with Gasteiger partial charge in [0.2, 0.25) is 5.91 Å². The first kappa shape index (κ1) is 31.6. The maximum Gasteiger partial charge on any atom is 0.494 e. The van der Waals surface area contributed by atoms with Gasteiger partial charge in [0.25, 0.3) is 0 Å². The molecule has 2 amide bonds. The second-order valence-electron chi connectivity index (χ2n) is 11.7. The van der Waals surface area contributed by atoms with E-state index in [1.54, 1.807) is 6.20 Å². The lowest BCUT2D eigenvalue weighted by Gasteiger charge is -2.35. The van der Waals surface area contributed by atoms with Crippen LogP contribution in [0.25, 0.3) is 11.3 Å². The molecule has 220 valence electrons. The number of hydrogen-bond donors (Lipinski definition) is 2. The summed E-state index contributed by atoms with van der Waals surface area (Å²) < 4.78 is 40.4. The van der Waals surface area contributed by atoms with Crippen LogP contribution in [0.5, 0.6) is 0 Å². The number of benzene rings is 1. The molecule has 1 fully saturated rings. The molecule has 1 atom stereocenters. The summed E-state index contributed by atoms with van der Waals surface area (Å²) >= 11 is 0. The summed E-state index contributed by atoms with van der Waals surface area (Å²) in [4.78, 5) is 34.9. The van der Waals surface area contributed by atoms with Crippen LogP contribution < -0.4 is 10.8 Å². The maximum absolute atomic E-state index is 13.6. The first-order valence-corrected chi connectivity index (χ1v) is 15.2. The van der Waals surface area contributed by atoms with E-state index in [1.807, 2.05) is 58.9 Å². The number of ether oxygens (including phenoxy) is 1. The molecule has 0 saturated carbocycles. The van der Waals surface area contributed by atoms with Gasteiger partial charge in [-0.25, -0.2) is 18.2 Å². The lowest BCUT2D eigenvalue weighted by molar-refractivity contribution is -0.134. The second-order valence-corrected chi connectivity index (χ2v) is 14.3. The Morgan fingerprint density at radius 2 is 1.73 bits per heavy atom. The van der Waals surface area contributed by atoms with Crippen molar-refractivity contribution in [3.05, 3.63) is 36.3 Å². The van der Waals surface area contributed by atoms with Crippen molar-refractivity contribution in [1.82, 2.24) is 20.2 Å². The normalized spacial score (nSPS) is 17.4. The highest BCUT2D eigenvalue weighted by atomic mass is 32.2. The molecule has 1 aliphatic heterocycles. The minimum absolute atomic E-state index is 0.0951. The standard InChI is InChI=1S/C27H41BN4O7S/c1-10-15-32(23(33)22(31-24(34)37-8)25(2,3)40(9,35)36)17-21-29-16-20(30-21)18-11-13-19(14-12-18)28-38-26(4,5)27(6,7)39-28/h11-14,16,22H,10,15,17H2,1-9H3,(H,29,30)(H,31,34)/t22-/m1/s1. The van der Waals surface area contributed by atoms with Crippen molar-refractivity contribution >= 4 is 34.4 Å². The van der Waals surface area contributed by atoms with Crippen LogP contribution in [0.3, 0.4) is 0 Å². The van der Waals surface area contributed by atoms with E-state index < -0.39 is 50.9 Å². The fourth-order valence-corrected chi connectivity index (χ4v) is 4.80. The van der Waals surface area contributed by atoms with Gasteiger partial charge in [0.05, 0.1) is 41.5 Å². The number of carbonyl (C=O) groups is 2. The van der Waals surface area contributed by atoms with Crippen LogP contribution in [0.15, 0.2) is 30.5 Å². The Bertz CT molecular complexity index is 1310. The summed E-state index contributed by atoms with van der Waals surface area (Å²) in [6.07, 6.45) is 2.44. The predicted molar refractivity (Wildman–Crippen MR) is 154 cm³/mol. The minimum Gasteiger partial charge on any atom is -0.453 e. The van der Waals surface area contributed by atoms with Crippen LogP contribution in [0, 0.1) is 0 Å². The number of H-pyrrole nitrogens is 1. The first-order valence-electron chi connectivity index (χ1n) is 13.3. The zero-order valence-electron chi connectivity index (χ0n) is 24.8. The third kappa shape index (κ3) is 6.53. The number of amides is 2. The Morgan fingerprint density at radius 3 is 2.23 bits per heavy atom. The number of aromatic nitrogens is 2. The lowest BCUT2D eigenvalue weighted by atomic mass is 9.79. The quantitative estimate of drug-likeness (QED) is 0.412. The maximum atomic E-state index is 13.6. The SMILES string of the molecule is CCCN(Cc1ncc(-c2ccc(B3OC(C)(C)C(C)(C)O3)cc2)[nH]1)C(=O)[C@@H](NC(=O)OC)C(C)(C)S(C)(=O)=O. The van der Waals surface area contributed by atoms with Gasteiger partial charge in [0.15, 0.2) is 9.84 Å². The van der Waals surface area contributed by atoms with E-state index >= 15 is 0 Å². The molecule has 1 aromatic heterocycles. The van der Waals surface area contributed by atoms with Crippen molar-refractivity contribution in [2.24, 2.45) is 0 Å². The number of alkyl carbamates (subject to hydrolysis) is 1. The van der Waals surface area contributed by atoms with Gasteiger partial charge < -0.3 is 29.2 Å². The monoisotopic (exact) mass is 576 g/mol. The van der Waals surface area contributed by atoms with E-state index in [0.717, 1.165) is 30.1 Å². The van der Waals surface area contributed by atoms with E-state index in [-0.39, 0.29) is 6.54 Å². The molecule has 0 unspecified atom stereocenters. The Kier molecular flexibility index (Phi) is 9.12. The third-order valence-corrected chi connectivity index (χ3v) is 10.0. The van der Waals surface area contributed by atoms with Gasteiger partial charge in [-0.2, -0.15) is 0 Å². The molecule has 2 aromatic rings. The van der Waals surface area contributed by atoms with E-state index in [2.05, 4.69) is 20.0 Å². The number of nitrogens with one attached hydrogen (secondary N) is 2. The highest BCUT2D eigenvalue weighted by molar-refractivity contribution is 7.92. The smallest absolute Gasteiger partial charge is 0.453 e. The molecule has 11 nitrogen and oxygen atoms in total. The van der Waals surface area contributed by atoms with Crippen molar-refractivity contribution in [1.29, 1.82) is 0 Å². The molecule has 13 heteroatoms. The molecular weight excluding hydrogens is 535 g/mol. The van der Waals surface area contributed by atoms with E-state index in [0.29, 0.717) is 18.8 Å². The summed E-state index contributed by atoms with van der Waals surface area (Å²) in [6, 6.07) is 6.41. The summed E-state index contributed by atoms with van der Waals surface area (Å²) in [5.41, 5.74) is 1.67. The molecule has 0 aliphatic carbocycles. The number of rotatable bonds is 10. The summed E-state index contributed by atoms with van der Waals surface area (Å²) in [6.45, 7) is 13.2. The van der Waals surface area contributed by atoms with Gasteiger partial charge in [0, 0.05) is 12.8 Å². The number of hydrogen-bond acceptors (Lipinski definition) is 8. The molecule has 0 spiro atoms. The fourth-order valence-electron chi connectivity index (χ4n) is 4.21. The second kappa shape index (κ2) is 11.5. The molecule has 1 aromatic carbocycles. The molecule has 40 heavy (non-hydrogen) atoms. The molecule has 2 N–H and O–H groups in total. The first-order chi connectivity index (χ1) is 18.4. The van der Waals surface area contributed by atoms with E-state index in [9.17, 15) is 18.0 Å². The topological polar surface area (TPSA) is 140 Å². The highest BCUT2D eigenvalue weighted by Gasteiger charge is 2.51. The molecular formula is C27H41BN4O7S. The molecule has 2 heterocycles. The van der Waals surface area contributed by atoms with Crippen molar-refractivity contribution in [3.8, 4) is 11.3 Å². The van der Waals surface area contributed by atoms with Gasteiger partial charge in [-0.15, -0.1) is 0 Å². The van der Waals surface area contributed by atoms with Crippen LogP contribution in [-0.4, -0.2) is 84.3 Å². The molecule has 3 rings (SSSR count). The van der Waals surface area contributed by atoms with Crippen molar-refractivity contribution in [2.45, 2.75) is 83.4 Å². The van der Waals surface area contributed by atoms with Crippen LogP contribution in [0.4, 0.5) is 4.79 Å². The van der Waals surface area contributed by atoms with Gasteiger partial charge in [-0.05, 0) is 59.0 Å². The highest BCUT2D eigenvalue weighted by Crippen LogP contribution is 2.36. The average molecular weight is 577 g/mol. The molecule has 0 radical (unpaired) electrons. The summed E-state index contributed by atoms with van der Waals surface area (Å²) in [5.74, 6) is -0.0341. The number of methoxy groups -OCH3 is 1. The zero-order valence-corrected chi connectivity index (χ0v) is 25.6. The van der Waals surface area contributed by atoms with Crippen LogP contribution >= 0.6 is 0 Å². The molecule has 1 aliphatic rings. The predicted octanol–water partition coefficient (Wildman–Crippen LogP) is 2.66. The summed E-state index contributed by atoms with van der Waals surface area (Å²) in [5, 5.41) is 2.42. The van der Waals surface area contributed by atoms with Crippen molar-refractivity contribution in [3.63, 3.8) is 0 Å². The van der Waals surface area contributed by atoms with Gasteiger partial charge >= 0.3 is 13.2 Å². The molecule has 1 saturated heterocycles. The molecule has 0 bridgehead atoms. The Balaban J connectivity index is 1.80. The van der Waals surface area contributed by atoms with Crippen LogP contribution in [0.1, 0.15) is 60.7 Å². The van der Waals surface area contributed by atoms with Crippen LogP contribution in [0.2, 0.25) is 0 Å². The average Bonchev–Trinajstić information content (AvgIpc) is 3.41. The Morgan fingerprint density at radius 1 is 1.15 bits per heavy atom.